The highest BCUT2D eigenvalue weighted by Gasteiger charge is 2.34. The third-order valence-electron chi connectivity index (χ3n) is 10.6. The molecule has 6 nitrogen and oxygen atoms in total. The summed E-state index contributed by atoms with van der Waals surface area (Å²) < 4.78 is 8.74. The van der Waals surface area contributed by atoms with E-state index < -0.39 is 0 Å². The third kappa shape index (κ3) is 7.03. The highest BCUT2D eigenvalue weighted by atomic mass is 16.5. The summed E-state index contributed by atoms with van der Waals surface area (Å²) >= 11 is 0. The molecule has 1 amide bonds. The van der Waals surface area contributed by atoms with Crippen LogP contribution in [-0.2, 0) is 6.42 Å². The zero-order valence-electron chi connectivity index (χ0n) is 29.1. The Kier molecular flexibility index (Phi) is 10.2. The number of aromatic nitrogens is 1. The quantitative estimate of drug-likeness (QED) is 0.126. The summed E-state index contributed by atoms with van der Waals surface area (Å²) in [5.74, 6) is 0.606. The molecule has 4 aromatic carbocycles. The van der Waals surface area contributed by atoms with Crippen LogP contribution in [0.4, 0.5) is 5.69 Å². The smallest absolute Gasteiger partial charge is 0.272 e. The van der Waals surface area contributed by atoms with Crippen molar-refractivity contribution in [2.24, 2.45) is 0 Å². The zero-order chi connectivity index (χ0) is 33.7. The topological polar surface area (TPSA) is 67.3 Å². The number of para-hydroxylation sites is 1. The Morgan fingerprint density at radius 3 is 2.14 bits per heavy atom. The molecular weight excluding hydrogens is 604 g/mol. The Bertz CT molecular complexity index is 1840. The number of aryl methyl sites for hydroxylation is 1. The van der Waals surface area contributed by atoms with Crippen molar-refractivity contribution in [3.8, 4) is 5.75 Å². The van der Waals surface area contributed by atoms with Crippen molar-refractivity contribution in [1.82, 2.24) is 15.2 Å². The molecule has 2 fully saturated rings. The van der Waals surface area contributed by atoms with E-state index in [1.165, 1.54) is 12.0 Å². The number of nitrogens with zero attached hydrogens (tertiary/aromatic N) is 1. The van der Waals surface area contributed by atoms with Crippen molar-refractivity contribution in [3.05, 3.63) is 131 Å². The zero-order valence-corrected chi connectivity index (χ0v) is 29.1. The molecule has 0 spiro atoms. The summed E-state index contributed by atoms with van der Waals surface area (Å²) in [7, 11) is 0. The fourth-order valence-electron chi connectivity index (χ4n) is 8.09. The second-order valence-electron chi connectivity index (χ2n) is 13.9. The molecule has 0 radical (unpaired) electrons. The van der Waals surface area contributed by atoms with Gasteiger partial charge < -0.3 is 25.3 Å². The fourth-order valence-corrected chi connectivity index (χ4v) is 8.09. The van der Waals surface area contributed by atoms with Crippen LogP contribution in [0.1, 0.15) is 97.6 Å². The lowest BCUT2D eigenvalue weighted by Crippen LogP contribution is -2.36. The fraction of sp³-hybridized carbons (Fsp3) is 0.372. The van der Waals surface area contributed by atoms with Gasteiger partial charge in [0.1, 0.15) is 17.5 Å². The van der Waals surface area contributed by atoms with Crippen LogP contribution in [0.15, 0.2) is 103 Å². The van der Waals surface area contributed by atoms with Crippen LogP contribution in [-0.4, -0.2) is 41.8 Å². The number of rotatable bonds is 12. The molecule has 7 rings (SSSR count). The second kappa shape index (κ2) is 15.0. The lowest BCUT2D eigenvalue weighted by Gasteiger charge is -2.26. The molecule has 2 aliphatic heterocycles. The Labute approximate surface area is 291 Å². The first kappa shape index (κ1) is 33.1. The van der Waals surface area contributed by atoms with Gasteiger partial charge in [0.05, 0.1) is 0 Å². The van der Waals surface area contributed by atoms with Crippen molar-refractivity contribution < 1.29 is 9.53 Å². The summed E-state index contributed by atoms with van der Waals surface area (Å²) in [6.45, 7) is 8.66. The minimum Gasteiger partial charge on any atom is -0.489 e. The maximum Gasteiger partial charge on any atom is 0.272 e. The predicted molar refractivity (Wildman–Crippen MR) is 201 cm³/mol. The van der Waals surface area contributed by atoms with Gasteiger partial charge in [0.25, 0.3) is 5.91 Å². The van der Waals surface area contributed by atoms with Gasteiger partial charge in [0.15, 0.2) is 0 Å². The van der Waals surface area contributed by atoms with Crippen molar-refractivity contribution >= 4 is 22.5 Å². The maximum absolute atomic E-state index is 14.8. The van der Waals surface area contributed by atoms with Gasteiger partial charge in [-0.05, 0) is 106 Å². The molecule has 1 aromatic heterocycles. The molecule has 0 aliphatic carbocycles. The van der Waals surface area contributed by atoms with Crippen LogP contribution in [0.25, 0.3) is 10.9 Å². The summed E-state index contributed by atoms with van der Waals surface area (Å²) in [4.78, 5) is 14.8. The van der Waals surface area contributed by atoms with E-state index in [0.29, 0.717) is 6.04 Å². The van der Waals surface area contributed by atoms with Crippen LogP contribution in [0.2, 0.25) is 0 Å². The molecule has 5 unspecified atom stereocenters. The minimum atomic E-state index is -0.174. The van der Waals surface area contributed by atoms with E-state index >= 15 is 0 Å². The number of carbonyl (C=O) groups excluding carboxylic acids is 1. The number of amides is 1. The second-order valence-corrected chi connectivity index (χ2v) is 13.9. The van der Waals surface area contributed by atoms with Crippen LogP contribution < -0.4 is 20.7 Å². The van der Waals surface area contributed by atoms with E-state index in [-0.39, 0.29) is 30.0 Å². The van der Waals surface area contributed by atoms with Crippen molar-refractivity contribution in [1.29, 1.82) is 0 Å². The average molecular weight is 655 g/mol. The molecule has 2 aliphatic rings. The van der Waals surface area contributed by atoms with Crippen LogP contribution in [0, 0.1) is 0 Å². The number of anilines is 1. The van der Waals surface area contributed by atoms with E-state index in [1.54, 1.807) is 0 Å². The molecule has 0 saturated carbocycles. The lowest BCUT2D eigenvalue weighted by molar-refractivity contribution is 0.101. The standard InChI is InChI=1S/C43H50N4O2/c1-4-12-31-19-23-34(24-20-31)46-43(48)42-41(36-15-8-9-18-39(36)47(42)29(2)37-16-10-27-44-37)40(32-13-6-5-7-14-32)33-21-25-35(26-22-33)49-30(3)38-17-11-28-45-38/h5-9,13-15,18-26,29-30,37-38,40,44-45H,4,10-12,16-17,27-28H2,1-3H3,(H,46,48). The molecule has 6 heteroatoms. The molecule has 3 N–H and O–H groups in total. The molecule has 254 valence electrons. The van der Waals surface area contributed by atoms with Gasteiger partial charge in [-0.15, -0.1) is 0 Å². The van der Waals surface area contributed by atoms with Gasteiger partial charge in [-0.3, -0.25) is 4.79 Å². The lowest BCUT2D eigenvalue weighted by atomic mass is 9.83. The van der Waals surface area contributed by atoms with E-state index in [0.717, 1.165) is 89.9 Å². The Morgan fingerprint density at radius 1 is 0.816 bits per heavy atom. The molecular formula is C43H50N4O2. The van der Waals surface area contributed by atoms with Gasteiger partial charge in [0, 0.05) is 46.2 Å². The predicted octanol–water partition coefficient (Wildman–Crippen LogP) is 8.86. The molecule has 3 heterocycles. The SMILES string of the molecule is CCCc1ccc(NC(=O)c2c(C(c3ccccc3)c3ccc(OC(C)C4CCCN4)cc3)c3ccccc3n2C(C)C2CCCN2)cc1. The Hall–Kier alpha value is -4.39. The molecule has 49 heavy (non-hydrogen) atoms. The van der Waals surface area contributed by atoms with Crippen LogP contribution >= 0.6 is 0 Å². The van der Waals surface area contributed by atoms with Crippen LogP contribution in [0.5, 0.6) is 5.75 Å². The maximum atomic E-state index is 14.8. The van der Waals surface area contributed by atoms with Gasteiger partial charge in [-0.1, -0.05) is 86.1 Å². The molecule has 5 atom stereocenters. The third-order valence-corrected chi connectivity index (χ3v) is 10.6. The van der Waals surface area contributed by atoms with Gasteiger partial charge in [-0.2, -0.15) is 0 Å². The first-order chi connectivity index (χ1) is 24.0. The van der Waals surface area contributed by atoms with Crippen LogP contribution in [0.3, 0.4) is 0 Å². The van der Waals surface area contributed by atoms with Gasteiger partial charge in [0.2, 0.25) is 0 Å². The van der Waals surface area contributed by atoms with Crippen molar-refractivity contribution in [3.63, 3.8) is 0 Å². The van der Waals surface area contributed by atoms with E-state index in [1.807, 2.05) is 12.1 Å². The largest absolute Gasteiger partial charge is 0.489 e. The first-order valence-corrected chi connectivity index (χ1v) is 18.3. The average Bonchev–Trinajstić information content (AvgIpc) is 3.92. The molecule has 2 saturated heterocycles. The summed E-state index contributed by atoms with van der Waals surface area (Å²) in [5.41, 5.74) is 7.19. The highest BCUT2D eigenvalue weighted by Crippen LogP contribution is 2.43. The Morgan fingerprint density at radius 2 is 1.47 bits per heavy atom. The molecule has 0 bridgehead atoms. The van der Waals surface area contributed by atoms with Gasteiger partial charge >= 0.3 is 0 Å². The van der Waals surface area contributed by atoms with E-state index in [2.05, 4.69) is 132 Å². The normalized spacial score (nSPS) is 19.5. The van der Waals surface area contributed by atoms with Crippen molar-refractivity contribution in [2.45, 2.75) is 89.4 Å². The minimum absolute atomic E-state index is 0.0757. The first-order valence-electron chi connectivity index (χ1n) is 18.3. The molecule has 5 aromatic rings. The number of hydrogen-bond donors (Lipinski definition) is 3. The number of benzene rings is 4. The highest BCUT2D eigenvalue weighted by molar-refractivity contribution is 6.09. The summed E-state index contributed by atoms with van der Waals surface area (Å²) in [6, 6.07) is 36.8. The monoisotopic (exact) mass is 654 g/mol. The number of fused-ring (bicyclic) bond motifs is 1. The summed E-state index contributed by atoms with van der Waals surface area (Å²) in [5, 5.41) is 11.7. The summed E-state index contributed by atoms with van der Waals surface area (Å²) in [6.07, 6.45) is 6.77. The number of carbonyl (C=O) groups is 1. The number of hydrogen-bond acceptors (Lipinski definition) is 4. The van der Waals surface area contributed by atoms with E-state index in [4.69, 9.17) is 4.74 Å². The van der Waals surface area contributed by atoms with Gasteiger partial charge in [-0.25, -0.2) is 0 Å². The van der Waals surface area contributed by atoms with E-state index in [9.17, 15) is 4.79 Å². The number of ether oxygens (including phenoxy) is 1. The van der Waals surface area contributed by atoms with Crippen molar-refractivity contribution in [2.75, 3.05) is 18.4 Å². The number of nitrogens with one attached hydrogen (secondary N) is 3. The Balaban J connectivity index is 1.36.